The molecule has 2 saturated heterocycles. The average Bonchev–Trinajstić information content (AvgIpc) is 2.85. The quantitative estimate of drug-likeness (QED) is 0.698. The first kappa shape index (κ1) is 24.5. The van der Waals surface area contributed by atoms with Gasteiger partial charge in [0.25, 0.3) is 5.91 Å². The Hall–Kier alpha value is -3.63. The van der Waals surface area contributed by atoms with Gasteiger partial charge in [-0.05, 0) is 37.1 Å². The van der Waals surface area contributed by atoms with Crippen molar-refractivity contribution < 1.29 is 27.6 Å². The summed E-state index contributed by atoms with van der Waals surface area (Å²) < 4.78 is 38.2. The van der Waals surface area contributed by atoms with Crippen LogP contribution in [0.4, 0.5) is 24.5 Å². The predicted octanol–water partition coefficient (Wildman–Crippen LogP) is 3.01. The summed E-state index contributed by atoms with van der Waals surface area (Å²) in [6.07, 6.45) is -1.32. The molecule has 8 nitrogen and oxygen atoms in total. The third-order valence-corrected chi connectivity index (χ3v) is 6.18. The number of pyridine rings is 1. The van der Waals surface area contributed by atoms with Crippen LogP contribution in [-0.4, -0.2) is 71.8 Å². The normalized spacial score (nSPS) is 16.9. The van der Waals surface area contributed by atoms with Gasteiger partial charge in [-0.25, -0.2) is 4.98 Å². The molecule has 3 heterocycles. The van der Waals surface area contributed by atoms with E-state index in [1.54, 1.807) is 34.1 Å². The Morgan fingerprint density at radius 3 is 2.37 bits per heavy atom. The molecule has 0 saturated carbocycles. The molecule has 0 bridgehead atoms. The summed E-state index contributed by atoms with van der Waals surface area (Å²) >= 11 is 0. The van der Waals surface area contributed by atoms with Crippen LogP contribution < -0.4 is 10.2 Å². The van der Waals surface area contributed by atoms with Gasteiger partial charge in [-0.2, -0.15) is 13.2 Å². The number of carbonyl (C=O) groups excluding carboxylic acids is 3. The molecule has 1 aromatic carbocycles. The van der Waals surface area contributed by atoms with Crippen molar-refractivity contribution in [1.29, 1.82) is 0 Å². The smallest absolute Gasteiger partial charge is 0.367 e. The number of rotatable bonds is 5. The largest absolute Gasteiger partial charge is 0.433 e. The van der Waals surface area contributed by atoms with E-state index in [1.165, 1.54) is 0 Å². The zero-order valence-corrected chi connectivity index (χ0v) is 19.1. The molecule has 2 aliphatic rings. The van der Waals surface area contributed by atoms with Gasteiger partial charge in [-0.3, -0.25) is 14.4 Å². The lowest BCUT2D eigenvalue weighted by Crippen LogP contribution is -2.52. The Morgan fingerprint density at radius 1 is 0.971 bits per heavy atom. The molecular weight excluding hydrogens is 463 g/mol. The van der Waals surface area contributed by atoms with E-state index in [0.717, 1.165) is 31.2 Å². The molecule has 2 aliphatic heterocycles. The number of amides is 3. The maximum Gasteiger partial charge on any atom is 0.433 e. The molecule has 1 N–H and O–H groups in total. The van der Waals surface area contributed by atoms with Gasteiger partial charge in [-0.15, -0.1) is 0 Å². The molecule has 3 amide bonds. The number of halogens is 3. The summed E-state index contributed by atoms with van der Waals surface area (Å²) in [6, 6.07) is 8.92. The molecule has 0 spiro atoms. The number of likely N-dealkylation sites (tertiary alicyclic amines) is 1. The van der Waals surface area contributed by atoms with E-state index < -0.39 is 17.8 Å². The average molecular weight is 489 g/mol. The van der Waals surface area contributed by atoms with Gasteiger partial charge in [0, 0.05) is 44.8 Å². The van der Waals surface area contributed by atoms with E-state index in [2.05, 4.69) is 10.3 Å². The minimum Gasteiger partial charge on any atom is -0.367 e. The first-order valence-corrected chi connectivity index (χ1v) is 11.5. The maximum atomic E-state index is 12.9. The number of nitrogens with one attached hydrogen (secondary N) is 1. The molecular formula is C24H26F3N5O3. The second-order valence-corrected chi connectivity index (χ2v) is 8.54. The van der Waals surface area contributed by atoms with Crippen molar-refractivity contribution in [2.24, 2.45) is 0 Å². The van der Waals surface area contributed by atoms with Crippen LogP contribution in [-0.2, 0) is 15.8 Å². The lowest BCUT2D eigenvalue weighted by atomic mass is 10.1. The zero-order valence-electron chi connectivity index (χ0n) is 19.1. The van der Waals surface area contributed by atoms with E-state index >= 15 is 0 Å². The highest BCUT2D eigenvalue weighted by atomic mass is 19.4. The number of aromatic nitrogens is 1. The van der Waals surface area contributed by atoms with E-state index in [4.69, 9.17) is 0 Å². The van der Waals surface area contributed by atoms with Crippen LogP contribution in [0, 0.1) is 0 Å². The van der Waals surface area contributed by atoms with Gasteiger partial charge >= 0.3 is 6.18 Å². The molecule has 2 aromatic rings. The number of anilines is 2. The first-order valence-electron chi connectivity index (χ1n) is 11.5. The maximum absolute atomic E-state index is 12.9. The van der Waals surface area contributed by atoms with Crippen molar-refractivity contribution in [3.63, 3.8) is 0 Å². The Balaban J connectivity index is 1.37. The van der Waals surface area contributed by atoms with Crippen LogP contribution in [0.1, 0.15) is 35.3 Å². The van der Waals surface area contributed by atoms with Crippen LogP contribution in [0.25, 0.3) is 0 Å². The Kier molecular flexibility index (Phi) is 7.23. The molecule has 0 unspecified atom stereocenters. The minimum absolute atomic E-state index is 0.0198. The van der Waals surface area contributed by atoms with Gasteiger partial charge < -0.3 is 20.0 Å². The molecule has 35 heavy (non-hydrogen) atoms. The van der Waals surface area contributed by atoms with Gasteiger partial charge in [0.2, 0.25) is 11.8 Å². The lowest BCUT2D eigenvalue weighted by molar-refractivity contribution is -0.142. The number of nitrogens with zero attached hydrogens (tertiary/aromatic N) is 4. The number of benzene rings is 1. The van der Waals surface area contributed by atoms with Crippen LogP contribution >= 0.6 is 0 Å². The summed E-state index contributed by atoms with van der Waals surface area (Å²) in [7, 11) is 0. The predicted molar refractivity (Wildman–Crippen MR) is 123 cm³/mol. The van der Waals surface area contributed by atoms with Crippen molar-refractivity contribution in [2.45, 2.75) is 25.4 Å². The zero-order chi connectivity index (χ0) is 25.0. The van der Waals surface area contributed by atoms with E-state index in [1.807, 2.05) is 4.90 Å². The van der Waals surface area contributed by atoms with E-state index in [-0.39, 0.29) is 24.0 Å². The molecule has 0 atom stereocenters. The van der Waals surface area contributed by atoms with Crippen molar-refractivity contribution in [3.8, 4) is 0 Å². The SMILES string of the molecule is O=C(Nc1ccc(C(F)(F)F)nc1)c1ccccc1N1CCN(C(=O)CN2CCCCC2=O)CC1. The topological polar surface area (TPSA) is 85.8 Å². The van der Waals surface area contributed by atoms with Gasteiger partial charge in [0.1, 0.15) is 5.69 Å². The number of alkyl halides is 3. The van der Waals surface area contributed by atoms with Crippen molar-refractivity contribution in [1.82, 2.24) is 14.8 Å². The third kappa shape index (κ3) is 5.90. The van der Waals surface area contributed by atoms with Crippen molar-refractivity contribution in [3.05, 3.63) is 53.9 Å². The molecule has 11 heteroatoms. The van der Waals surface area contributed by atoms with E-state index in [0.29, 0.717) is 50.4 Å². The summed E-state index contributed by atoms with van der Waals surface area (Å²) in [5.41, 5.74) is 0.155. The summed E-state index contributed by atoms with van der Waals surface area (Å²) in [5.74, 6) is -0.531. The fourth-order valence-electron chi connectivity index (χ4n) is 4.26. The van der Waals surface area contributed by atoms with Crippen molar-refractivity contribution >= 4 is 29.1 Å². The molecule has 2 fully saturated rings. The van der Waals surface area contributed by atoms with Crippen LogP contribution in [0.15, 0.2) is 42.6 Å². The highest BCUT2D eigenvalue weighted by Crippen LogP contribution is 2.28. The monoisotopic (exact) mass is 489 g/mol. The van der Waals surface area contributed by atoms with Gasteiger partial charge in [0.05, 0.1) is 24.0 Å². The number of carbonyl (C=O) groups is 3. The summed E-state index contributed by atoms with van der Waals surface area (Å²) in [6.45, 7) is 2.64. The molecule has 0 radical (unpaired) electrons. The number of para-hydroxylation sites is 1. The highest BCUT2D eigenvalue weighted by molar-refractivity contribution is 6.08. The number of hydrogen-bond donors (Lipinski definition) is 1. The summed E-state index contributed by atoms with van der Waals surface area (Å²) in [5, 5.41) is 2.60. The molecule has 4 rings (SSSR count). The second kappa shape index (κ2) is 10.3. The second-order valence-electron chi connectivity index (χ2n) is 8.54. The van der Waals surface area contributed by atoms with E-state index in [9.17, 15) is 27.6 Å². The lowest BCUT2D eigenvalue weighted by Gasteiger charge is -2.38. The fourth-order valence-corrected chi connectivity index (χ4v) is 4.26. The number of piperidine rings is 1. The number of hydrogen-bond acceptors (Lipinski definition) is 5. The first-order chi connectivity index (χ1) is 16.7. The fraction of sp³-hybridized carbons (Fsp3) is 0.417. The Morgan fingerprint density at radius 2 is 1.71 bits per heavy atom. The van der Waals surface area contributed by atoms with Crippen LogP contribution in [0.5, 0.6) is 0 Å². The summed E-state index contributed by atoms with van der Waals surface area (Å²) in [4.78, 5) is 46.3. The highest BCUT2D eigenvalue weighted by Gasteiger charge is 2.32. The minimum atomic E-state index is -4.55. The van der Waals surface area contributed by atoms with Crippen LogP contribution in [0.3, 0.4) is 0 Å². The van der Waals surface area contributed by atoms with Crippen LogP contribution in [0.2, 0.25) is 0 Å². The van der Waals surface area contributed by atoms with Gasteiger partial charge in [0.15, 0.2) is 0 Å². The Labute approximate surface area is 200 Å². The Bertz CT molecular complexity index is 1080. The number of piperazine rings is 1. The molecule has 0 aliphatic carbocycles. The standard InChI is InChI=1S/C24H26F3N5O3/c25-24(26,27)20-9-8-17(15-28-20)29-23(35)18-5-1-2-6-19(18)30-11-13-31(14-12-30)22(34)16-32-10-4-3-7-21(32)33/h1-2,5-6,8-9,15H,3-4,7,10-14,16H2,(H,29,35). The van der Waals surface area contributed by atoms with Crippen molar-refractivity contribution in [2.75, 3.05) is 49.5 Å². The third-order valence-electron chi connectivity index (χ3n) is 6.18. The van der Waals surface area contributed by atoms with Gasteiger partial charge in [-0.1, -0.05) is 12.1 Å². The molecule has 186 valence electrons. The molecule has 1 aromatic heterocycles.